The molecule has 1 aromatic carbocycles. The first-order valence-corrected chi connectivity index (χ1v) is 6.24. The molecule has 1 heterocycles. The van der Waals surface area contributed by atoms with Crippen LogP contribution < -0.4 is 4.90 Å². The molecule has 3 atom stereocenters. The molecule has 1 aliphatic rings. The minimum atomic E-state index is -0.398. The van der Waals surface area contributed by atoms with E-state index in [2.05, 4.69) is 30.9 Å². The number of ether oxygens (including phenoxy) is 1. The number of rotatable bonds is 2. The summed E-state index contributed by atoms with van der Waals surface area (Å²) < 4.78 is 5.62. The monoisotopic (exact) mass is 235 g/mol. The zero-order chi connectivity index (χ0) is 12.4. The van der Waals surface area contributed by atoms with Gasteiger partial charge in [0.25, 0.3) is 0 Å². The van der Waals surface area contributed by atoms with Crippen LogP contribution in [0.3, 0.4) is 0 Å². The molecule has 3 nitrogen and oxygen atoms in total. The number of nitrogens with zero attached hydrogens (tertiary/aromatic N) is 1. The van der Waals surface area contributed by atoms with Crippen LogP contribution in [-0.4, -0.2) is 30.4 Å². The number of hydrogen-bond donors (Lipinski definition) is 1. The Balaban J connectivity index is 2.15. The van der Waals surface area contributed by atoms with E-state index in [4.69, 9.17) is 4.74 Å². The maximum absolute atomic E-state index is 9.49. The lowest BCUT2D eigenvalue weighted by atomic mass is 10.1. The Labute approximate surface area is 103 Å². The van der Waals surface area contributed by atoms with E-state index in [0.717, 1.165) is 18.7 Å². The quantitative estimate of drug-likeness (QED) is 0.854. The minimum absolute atomic E-state index is 0.280. The van der Waals surface area contributed by atoms with Crippen molar-refractivity contribution in [3.05, 3.63) is 29.8 Å². The largest absolute Gasteiger partial charge is 0.389 e. The zero-order valence-corrected chi connectivity index (χ0v) is 10.8. The molecule has 1 saturated heterocycles. The van der Waals surface area contributed by atoms with Gasteiger partial charge in [-0.2, -0.15) is 0 Å². The predicted octanol–water partition coefficient (Wildman–Crippen LogP) is 2.35. The van der Waals surface area contributed by atoms with Crippen molar-refractivity contribution in [3.8, 4) is 0 Å². The summed E-state index contributed by atoms with van der Waals surface area (Å²) in [6, 6.07) is 8.55. The summed E-state index contributed by atoms with van der Waals surface area (Å²) in [7, 11) is 0. The van der Waals surface area contributed by atoms with Gasteiger partial charge >= 0.3 is 0 Å². The summed E-state index contributed by atoms with van der Waals surface area (Å²) in [5, 5.41) is 9.49. The first kappa shape index (κ1) is 12.4. The van der Waals surface area contributed by atoms with Crippen LogP contribution in [0.1, 0.15) is 32.4 Å². The third-order valence-electron chi connectivity index (χ3n) is 3.31. The van der Waals surface area contributed by atoms with E-state index in [0.29, 0.717) is 6.04 Å². The van der Waals surface area contributed by atoms with E-state index >= 15 is 0 Å². The highest BCUT2D eigenvalue weighted by atomic mass is 16.5. The van der Waals surface area contributed by atoms with Crippen molar-refractivity contribution in [2.45, 2.75) is 39.0 Å². The van der Waals surface area contributed by atoms with Crippen molar-refractivity contribution in [2.24, 2.45) is 0 Å². The Hall–Kier alpha value is -1.06. The van der Waals surface area contributed by atoms with Gasteiger partial charge in [-0.15, -0.1) is 0 Å². The van der Waals surface area contributed by atoms with Gasteiger partial charge < -0.3 is 14.7 Å². The van der Waals surface area contributed by atoms with Gasteiger partial charge in [-0.1, -0.05) is 12.1 Å². The van der Waals surface area contributed by atoms with Gasteiger partial charge in [-0.25, -0.2) is 0 Å². The summed E-state index contributed by atoms with van der Waals surface area (Å²) in [5.41, 5.74) is 2.17. The smallest absolute Gasteiger partial charge is 0.0761 e. The molecular weight excluding hydrogens is 214 g/mol. The summed E-state index contributed by atoms with van der Waals surface area (Å²) in [6.45, 7) is 7.76. The van der Waals surface area contributed by atoms with Crippen LogP contribution in [-0.2, 0) is 4.74 Å². The second-order valence-corrected chi connectivity index (χ2v) is 4.91. The molecule has 1 aromatic rings. The lowest BCUT2D eigenvalue weighted by Crippen LogP contribution is -2.47. The summed E-state index contributed by atoms with van der Waals surface area (Å²) in [5.74, 6) is 0. The number of hydrogen-bond acceptors (Lipinski definition) is 3. The van der Waals surface area contributed by atoms with Crippen molar-refractivity contribution in [1.82, 2.24) is 0 Å². The number of benzene rings is 1. The second kappa shape index (κ2) is 5.07. The molecule has 94 valence electrons. The van der Waals surface area contributed by atoms with Crippen molar-refractivity contribution in [3.63, 3.8) is 0 Å². The Morgan fingerprint density at radius 3 is 2.53 bits per heavy atom. The Morgan fingerprint density at radius 2 is 1.94 bits per heavy atom. The SMILES string of the molecule is CC1CN(c2ccc([C@@H](C)O)cc2)C(C)CO1. The van der Waals surface area contributed by atoms with E-state index in [9.17, 15) is 5.11 Å². The number of aliphatic hydroxyl groups is 1. The van der Waals surface area contributed by atoms with E-state index in [1.54, 1.807) is 6.92 Å². The van der Waals surface area contributed by atoms with Crippen LogP contribution in [0, 0.1) is 0 Å². The molecule has 2 rings (SSSR count). The topological polar surface area (TPSA) is 32.7 Å². The fraction of sp³-hybridized carbons (Fsp3) is 0.571. The summed E-state index contributed by atoms with van der Waals surface area (Å²) in [4.78, 5) is 2.36. The van der Waals surface area contributed by atoms with Gasteiger partial charge in [0.05, 0.1) is 18.8 Å². The molecule has 0 aliphatic carbocycles. The van der Waals surface area contributed by atoms with E-state index in [1.165, 1.54) is 5.69 Å². The lowest BCUT2D eigenvalue weighted by molar-refractivity contribution is 0.0344. The van der Waals surface area contributed by atoms with Crippen molar-refractivity contribution < 1.29 is 9.84 Å². The van der Waals surface area contributed by atoms with Crippen molar-refractivity contribution in [1.29, 1.82) is 0 Å². The lowest BCUT2D eigenvalue weighted by Gasteiger charge is -2.38. The molecule has 1 fully saturated rings. The molecular formula is C14H21NO2. The maximum Gasteiger partial charge on any atom is 0.0761 e. The van der Waals surface area contributed by atoms with Gasteiger partial charge in [0.1, 0.15) is 0 Å². The van der Waals surface area contributed by atoms with Gasteiger partial charge in [0, 0.05) is 18.3 Å². The predicted molar refractivity (Wildman–Crippen MR) is 69.3 cm³/mol. The Kier molecular flexibility index (Phi) is 3.69. The van der Waals surface area contributed by atoms with Crippen molar-refractivity contribution in [2.75, 3.05) is 18.1 Å². The Morgan fingerprint density at radius 1 is 1.29 bits per heavy atom. The third kappa shape index (κ3) is 2.79. The summed E-state index contributed by atoms with van der Waals surface area (Å²) >= 11 is 0. The van der Waals surface area contributed by atoms with Crippen LogP contribution in [0.15, 0.2) is 24.3 Å². The normalized spacial score (nSPS) is 26.9. The third-order valence-corrected chi connectivity index (χ3v) is 3.31. The first-order valence-electron chi connectivity index (χ1n) is 6.24. The first-order chi connectivity index (χ1) is 8.08. The fourth-order valence-electron chi connectivity index (χ4n) is 2.21. The highest BCUT2D eigenvalue weighted by Crippen LogP contribution is 2.23. The molecule has 1 aliphatic heterocycles. The highest BCUT2D eigenvalue weighted by Gasteiger charge is 2.23. The molecule has 0 saturated carbocycles. The van der Waals surface area contributed by atoms with Crippen LogP contribution in [0.5, 0.6) is 0 Å². The van der Waals surface area contributed by atoms with Crippen LogP contribution in [0.2, 0.25) is 0 Å². The molecule has 1 N–H and O–H groups in total. The van der Waals surface area contributed by atoms with E-state index < -0.39 is 6.10 Å². The molecule has 2 unspecified atom stereocenters. The minimum Gasteiger partial charge on any atom is -0.389 e. The number of aliphatic hydroxyl groups excluding tert-OH is 1. The summed E-state index contributed by atoms with van der Waals surface area (Å²) in [6.07, 6.45) is -0.118. The van der Waals surface area contributed by atoms with Gasteiger partial charge in [-0.05, 0) is 38.5 Å². The number of morpholine rings is 1. The molecule has 0 bridgehead atoms. The number of anilines is 1. The van der Waals surface area contributed by atoms with Crippen LogP contribution >= 0.6 is 0 Å². The standard InChI is InChI=1S/C14H21NO2/c1-10-9-17-11(2)8-15(10)14-6-4-13(5-7-14)12(3)16/h4-7,10-12,16H,8-9H2,1-3H3/t10?,11?,12-/m1/s1. The maximum atomic E-state index is 9.49. The molecule has 0 radical (unpaired) electrons. The molecule has 0 amide bonds. The van der Waals surface area contributed by atoms with E-state index in [-0.39, 0.29) is 6.10 Å². The molecule has 0 spiro atoms. The molecule has 0 aromatic heterocycles. The zero-order valence-electron chi connectivity index (χ0n) is 10.8. The highest BCUT2D eigenvalue weighted by molar-refractivity contribution is 5.49. The average Bonchev–Trinajstić information content (AvgIpc) is 2.32. The van der Waals surface area contributed by atoms with Gasteiger partial charge in [0.2, 0.25) is 0 Å². The van der Waals surface area contributed by atoms with Gasteiger partial charge in [-0.3, -0.25) is 0 Å². The second-order valence-electron chi connectivity index (χ2n) is 4.91. The molecule has 17 heavy (non-hydrogen) atoms. The van der Waals surface area contributed by atoms with Gasteiger partial charge in [0.15, 0.2) is 0 Å². The van der Waals surface area contributed by atoms with Crippen LogP contribution in [0.4, 0.5) is 5.69 Å². The fourth-order valence-corrected chi connectivity index (χ4v) is 2.21. The Bertz CT molecular complexity index is 361. The average molecular weight is 235 g/mol. The molecule has 3 heteroatoms. The van der Waals surface area contributed by atoms with Crippen LogP contribution in [0.25, 0.3) is 0 Å². The van der Waals surface area contributed by atoms with E-state index in [1.807, 2.05) is 12.1 Å². The van der Waals surface area contributed by atoms with Crippen molar-refractivity contribution >= 4 is 5.69 Å².